The van der Waals surface area contributed by atoms with E-state index in [0.717, 1.165) is 6.07 Å². The fraction of sp³-hybridized carbons (Fsp3) is 0.222. The molecule has 0 aromatic heterocycles. The van der Waals surface area contributed by atoms with Crippen molar-refractivity contribution in [3.05, 3.63) is 33.9 Å². The number of aryl methyl sites for hydroxylation is 1. The zero-order valence-electron chi connectivity index (χ0n) is 9.15. The molecular formula is C9H9F2N3O4. The predicted octanol–water partition coefficient (Wildman–Crippen LogP) is 0.865. The van der Waals surface area contributed by atoms with Crippen molar-refractivity contribution in [3.63, 3.8) is 0 Å². The number of amides is 1. The van der Waals surface area contributed by atoms with E-state index in [1.165, 1.54) is 24.5 Å². The summed E-state index contributed by atoms with van der Waals surface area (Å²) >= 11 is 0. The van der Waals surface area contributed by atoms with Crippen LogP contribution >= 0.6 is 0 Å². The van der Waals surface area contributed by atoms with Crippen LogP contribution < -0.4 is 16.0 Å². The number of nitro groups is 1. The fourth-order valence-electron chi connectivity index (χ4n) is 1.22. The van der Waals surface area contributed by atoms with Crippen LogP contribution in [0.25, 0.3) is 0 Å². The highest BCUT2D eigenvalue weighted by atomic mass is 19.3. The average molecular weight is 261 g/mol. The summed E-state index contributed by atoms with van der Waals surface area (Å²) in [5, 5.41) is 10.7. The molecule has 18 heavy (non-hydrogen) atoms. The van der Waals surface area contributed by atoms with Gasteiger partial charge in [-0.2, -0.15) is 8.78 Å². The molecule has 1 rings (SSSR count). The van der Waals surface area contributed by atoms with Gasteiger partial charge in [0, 0.05) is 5.56 Å². The van der Waals surface area contributed by atoms with E-state index >= 15 is 0 Å². The molecule has 1 aromatic rings. The molecule has 0 fully saturated rings. The monoisotopic (exact) mass is 261 g/mol. The summed E-state index contributed by atoms with van der Waals surface area (Å²) < 4.78 is 30.3. The lowest BCUT2D eigenvalue weighted by Gasteiger charge is -2.16. The lowest BCUT2D eigenvalue weighted by atomic mass is 10.2. The van der Waals surface area contributed by atoms with E-state index in [2.05, 4.69) is 10.6 Å². The van der Waals surface area contributed by atoms with Gasteiger partial charge in [0.15, 0.2) is 0 Å². The largest absolute Gasteiger partial charge is 0.483 e. The molecule has 98 valence electrons. The van der Waals surface area contributed by atoms with E-state index in [9.17, 15) is 23.7 Å². The molecule has 0 bridgehead atoms. The van der Waals surface area contributed by atoms with Gasteiger partial charge in [-0.15, -0.1) is 0 Å². The molecular weight excluding hydrogens is 252 g/mol. The van der Waals surface area contributed by atoms with E-state index in [4.69, 9.17) is 0 Å². The number of benzene rings is 1. The standard InChI is InChI=1S/C9H9F2N3O4/c1-5-3-2-4-6(7(5)14(16)17)18-9(10,11)8(15)13-12/h2-4H,12H2,1H3,(H,13,15). The van der Waals surface area contributed by atoms with Crippen molar-refractivity contribution in [1.82, 2.24) is 5.43 Å². The van der Waals surface area contributed by atoms with Crippen LogP contribution in [0.1, 0.15) is 5.56 Å². The maximum Gasteiger partial charge on any atom is 0.483 e. The minimum absolute atomic E-state index is 0.126. The lowest BCUT2D eigenvalue weighted by molar-refractivity contribution is -0.387. The molecule has 1 aromatic carbocycles. The summed E-state index contributed by atoms with van der Waals surface area (Å²) in [6.45, 7) is 1.35. The molecule has 3 N–H and O–H groups in total. The van der Waals surface area contributed by atoms with Gasteiger partial charge in [0.1, 0.15) is 0 Å². The summed E-state index contributed by atoms with van der Waals surface area (Å²) in [6, 6.07) is 3.60. The Kier molecular flexibility index (Phi) is 3.76. The molecule has 0 aliphatic rings. The van der Waals surface area contributed by atoms with E-state index in [1.807, 2.05) is 0 Å². The van der Waals surface area contributed by atoms with Crippen LogP contribution in [-0.2, 0) is 4.79 Å². The van der Waals surface area contributed by atoms with Crippen LogP contribution in [0.15, 0.2) is 18.2 Å². The predicted molar refractivity (Wildman–Crippen MR) is 55.7 cm³/mol. The molecule has 0 aliphatic heterocycles. The average Bonchev–Trinajstić information content (AvgIpc) is 2.26. The molecule has 1 amide bonds. The highest BCUT2D eigenvalue weighted by Gasteiger charge is 2.43. The lowest BCUT2D eigenvalue weighted by Crippen LogP contribution is -2.47. The topological polar surface area (TPSA) is 107 Å². The number of halogens is 2. The Balaban J connectivity index is 3.16. The number of hydrazine groups is 1. The number of alkyl halides is 2. The van der Waals surface area contributed by atoms with Crippen LogP contribution in [0.4, 0.5) is 14.5 Å². The normalized spacial score (nSPS) is 10.9. The summed E-state index contributed by atoms with van der Waals surface area (Å²) in [5.41, 5.74) is 0.694. The number of ether oxygens (including phenoxy) is 1. The first-order chi connectivity index (χ1) is 8.29. The van der Waals surface area contributed by atoms with E-state index < -0.39 is 28.4 Å². The van der Waals surface area contributed by atoms with Crippen LogP contribution in [0.3, 0.4) is 0 Å². The van der Waals surface area contributed by atoms with Gasteiger partial charge in [0.25, 0.3) is 0 Å². The van der Waals surface area contributed by atoms with Crippen molar-refractivity contribution in [2.75, 3.05) is 0 Å². The maximum atomic E-state index is 13.1. The summed E-state index contributed by atoms with van der Waals surface area (Å²) in [4.78, 5) is 20.6. The molecule has 0 radical (unpaired) electrons. The Bertz CT molecular complexity index is 493. The summed E-state index contributed by atoms with van der Waals surface area (Å²) in [7, 11) is 0. The number of carbonyl (C=O) groups is 1. The second kappa shape index (κ2) is 4.92. The van der Waals surface area contributed by atoms with Crippen LogP contribution in [0, 0.1) is 17.0 Å². The van der Waals surface area contributed by atoms with Crippen molar-refractivity contribution in [2.45, 2.75) is 13.0 Å². The second-order valence-corrected chi connectivity index (χ2v) is 3.27. The first-order valence-corrected chi connectivity index (χ1v) is 4.61. The Morgan fingerprint density at radius 1 is 1.56 bits per heavy atom. The SMILES string of the molecule is Cc1cccc(OC(F)(F)C(=O)NN)c1[N+](=O)[O-]. The molecule has 9 heteroatoms. The zero-order chi connectivity index (χ0) is 13.9. The smallest absolute Gasteiger partial charge is 0.418 e. The zero-order valence-corrected chi connectivity index (χ0v) is 9.15. The van der Waals surface area contributed by atoms with Crippen molar-refractivity contribution in [3.8, 4) is 5.75 Å². The number of nitro benzene ring substituents is 1. The van der Waals surface area contributed by atoms with Crippen LogP contribution in [-0.4, -0.2) is 16.9 Å². The molecule has 0 atom stereocenters. The Morgan fingerprint density at radius 3 is 2.67 bits per heavy atom. The van der Waals surface area contributed by atoms with Gasteiger partial charge in [-0.05, 0) is 13.0 Å². The van der Waals surface area contributed by atoms with Crippen molar-refractivity contribution < 1.29 is 23.2 Å². The quantitative estimate of drug-likeness (QED) is 0.362. The third kappa shape index (κ3) is 2.69. The number of nitrogens with two attached hydrogens (primary N) is 1. The van der Waals surface area contributed by atoms with Gasteiger partial charge in [0.2, 0.25) is 5.75 Å². The number of hydrogen-bond donors (Lipinski definition) is 2. The molecule has 0 saturated heterocycles. The number of hydrogen-bond acceptors (Lipinski definition) is 5. The Labute approximate surface area is 99.6 Å². The maximum absolute atomic E-state index is 13.1. The summed E-state index contributed by atoms with van der Waals surface area (Å²) in [6.07, 6.45) is -4.30. The van der Waals surface area contributed by atoms with Crippen molar-refractivity contribution >= 4 is 11.6 Å². The van der Waals surface area contributed by atoms with Crippen LogP contribution in [0.5, 0.6) is 5.75 Å². The van der Waals surface area contributed by atoms with Gasteiger partial charge in [-0.3, -0.25) is 20.3 Å². The van der Waals surface area contributed by atoms with Gasteiger partial charge >= 0.3 is 17.7 Å². The van der Waals surface area contributed by atoms with E-state index in [0.29, 0.717) is 0 Å². The Hall–Kier alpha value is -2.29. The number of rotatable bonds is 4. The third-order valence-electron chi connectivity index (χ3n) is 2.02. The van der Waals surface area contributed by atoms with E-state index in [-0.39, 0.29) is 5.56 Å². The second-order valence-electron chi connectivity index (χ2n) is 3.27. The molecule has 0 heterocycles. The van der Waals surface area contributed by atoms with Crippen LogP contribution in [0.2, 0.25) is 0 Å². The molecule has 0 saturated carbocycles. The molecule has 0 unspecified atom stereocenters. The number of nitrogens with one attached hydrogen (secondary N) is 1. The molecule has 7 nitrogen and oxygen atoms in total. The number of nitrogens with zero attached hydrogens (tertiary/aromatic N) is 1. The number of para-hydroxylation sites is 1. The molecule has 0 spiro atoms. The minimum Gasteiger partial charge on any atom is -0.418 e. The fourth-order valence-corrected chi connectivity index (χ4v) is 1.22. The number of carbonyl (C=O) groups excluding carboxylic acids is 1. The third-order valence-corrected chi connectivity index (χ3v) is 2.02. The van der Waals surface area contributed by atoms with Gasteiger partial charge in [0.05, 0.1) is 4.92 Å². The first kappa shape index (κ1) is 13.8. The van der Waals surface area contributed by atoms with E-state index in [1.54, 1.807) is 0 Å². The highest BCUT2D eigenvalue weighted by molar-refractivity contribution is 5.81. The molecule has 0 aliphatic carbocycles. The van der Waals surface area contributed by atoms with Crippen molar-refractivity contribution in [2.24, 2.45) is 5.84 Å². The highest BCUT2D eigenvalue weighted by Crippen LogP contribution is 2.33. The van der Waals surface area contributed by atoms with Crippen molar-refractivity contribution in [1.29, 1.82) is 0 Å². The Morgan fingerprint density at radius 2 is 2.17 bits per heavy atom. The first-order valence-electron chi connectivity index (χ1n) is 4.61. The van der Waals surface area contributed by atoms with Gasteiger partial charge in [-0.1, -0.05) is 12.1 Å². The van der Waals surface area contributed by atoms with Gasteiger partial charge in [-0.25, -0.2) is 5.84 Å². The minimum atomic E-state index is -4.30. The van der Waals surface area contributed by atoms with Gasteiger partial charge < -0.3 is 4.74 Å². The summed E-state index contributed by atoms with van der Waals surface area (Å²) in [5.74, 6) is 1.93.